The van der Waals surface area contributed by atoms with Crippen molar-refractivity contribution in [2.24, 2.45) is 10.3 Å². The van der Waals surface area contributed by atoms with Crippen molar-refractivity contribution in [3.63, 3.8) is 0 Å². The Kier molecular flexibility index (Phi) is 6.07. The molecule has 1 heterocycles. The van der Waals surface area contributed by atoms with Crippen LogP contribution in [-0.4, -0.2) is 34.4 Å². The predicted octanol–water partition coefficient (Wildman–Crippen LogP) is 3.27. The number of hydrogen-bond acceptors (Lipinski definition) is 6. The van der Waals surface area contributed by atoms with Gasteiger partial charge < -0.3 is 20.1 Å². The minimum Gasteiger partial charge on any atom is -0.497 e. The highest BCUT2D eigenvalue weighted by Gasteiger charge is 2.25. The Morgan fingerprint density at radius 1 is 1.17 bits per heavy atom. The number of nitrogens with zero attached hydrogens (tertiary/aromatic N) is 1. The summed E-state index contributed by atoms with van der Waals surface area (Å²) in [5.74, 6) is 1.10. The van der Waals surface area contributed by atoms with E-state index in [4.69, 9.17) is 9.47 Å². The highest BCUT2D eigenvalue weighted by Crippen LogP contribution is 2.30. The highest BCUT2D eigenvalue weighted by molar-refractivity contribution is 7.90. The number of fused-ring (bicyclic) bond motifs is 1. The van der Waals surface area contributed by atoms with Gasteiger partial charge in [0.2, 0.25) is 5.91 Å². The number of para-hydroxylation sites is 1. The van der Waals surface area contributed by atoms with Gasteiger partial charge in [-0.1, -0.05) is 19.1 Å². The molecule has 1 aliphatic heterocycles. The van der Waals surface area contributed by atoms with Crippen molar-refractivity contribution in [2.45, 2.75) is 24.7 Å². The van der Waals surface area contributed by atoms with E-state index in [1.54, 1.807) is 43.5 Å². The SMILES string of the molecule is COc1ccc(NC(=O)CC(C)CC2=NS(=O)(=O)c3ccccc3N2)c(OC)c1. The molecule has 29 heavy (non-hydrogen) atoms. The summed E-state index contributed by atoms with van der Waals surface area (Å²) in [6, 6.07) is 11.7. The number of anilines is 2. The second-order valence-corrected chi connectivity index (χ2v) is 8.33. The summed E-state index contributed by atoms with van der Waals surface area (Å²) in [4.78, 5) is 12.6. The van der Waals surface area contributed by atoms with Crippen LogP contribution in [0.15, 0.2) is 51.8 Å². The average Bonchev–Trinajstić information content (AvgIpc) is 2.67. The molecule has 9 heteroatoms. The molecule has 0 aromatic heterocycles. The van der Waals surface area contributed by atoms with Gasteiger partial charge in [0.05, 0.1) is 25.6 Å². The topological polar surface area (TPSA) is 106 Å². The Balaban J connectivity index is 1.64. The van der Waals surface area contributed by atoms with Crippen LogP contribution in [0.5, 0.6) is 11.5 Å². The lowest BCUT2D eigenvalue weighted by atomic mass is 10.0. The monoisotopic (exact) mass is 417 g/mol. The van der Waals surface area contributed by atoms with E-state index in [1.807, 2.05) is 6.92 Å². The largest absolute Gasteiger partial charge is 0.497 e. The first-order chi connectivity index (χ1) is 13.8. The Bertz CT molecular complexity index is 1050. The third kappa shape index (κ3) is 4.86. The van der Waals surface area contributed by atoms with E-state index in [2.05, 4.69) is 15.0 Å². The summed E-state index contributed by atoms with van der Waals surface area (Å²) in [6.45, 7) is 1.86. The number of nitrogens with one attached hydrogen (secondary N) is 2. The number of carbonyl (C=O) groups is 1. The number of amidine groups is 1. The fourth-order valence-corrected chi connectivity index (χ4v) is 4.23. The van der Waals surface area contributed by atoms with E-state index >= 15 is 0 Å². The number of amides is 1. The zero-order valence-corrected chi connectivity index (χ0v) is 17.2. The number of hydrogen-bond donors (Lipinski definition) is 2. The summed E-state index contributed by atoms with van der Waals surface area (Å²) in [5, 5.41) is 5.86. The molecule has 2 aromatic rings. The maximum absolute atomic E-state index is 12.4. The number of benzene rings is 2. The van der Waals surface area contributed by atoms with Gasteiger partial charge in [-0.3, -0.25) is 4.79 Å². The number of sulfonamides is 1. The third-order valence-electron chi connectivity index (χ3n) is 4.43. The quantitative estimate of drug-likeness (QED) is 0.716. The molecule has 1 aliphatic rings. The van der Waals surface area contributed by atoms with Crippen LogP contribution in [0.25, 0.3) is 0 Å². The fraction of sp³-hybridized carbons (Fsp3) is 0.300. The second-order valence-electron chi connectivity index (χ2n) is 6.76. The highest BCUT2D eigenvalue weighted by atomic mass is 32.2. The standard InChI is InChI=1S/C20H23N3O5S/c1-13(10-19-21-16-6-4-5-7-18(16)29(25,26)23-19)11-20(24)22-15-9-8-14(27-2)12-17(15)28-3/h4-9,12-13H,10-11H2,1-3H3,(H,21,23)(H,22,24). The molecule has 0 radical (unpaired) electrons. The van der Waals surface area contributed by atoms with Crippen LogP contribution < -0.4 is 20.1 Å². The maximum Gasteiger partial charge on any atom is 0.286 e. The minimum atomic E-state index is -3.73. The van der Waals surface area contributed by atoms with Crippen LogP contribution in [-0.2, 0) is 14.8 Å². The van der Waals surface area contributed by atoms with Crippen molar-refractivity contribution >= 4 is 33.1 Å². The molecule has 8 nitrogen and oxygen atoms in total. The summed E-state index contributed by atoms with van der Waals surface area (Å²) in [7, 11) is -0.670. The first-order valence-electron chi connectivity index (χ1n) is 9.04. The van der Waals surface area contributed by atoms with E-state index in [0.29, 0.717) is 35.1 Å². The molecular formula is C20H23N3O5S. The molecule has 0 saturated carbocycles. The molecule has 1 atom stereocenters. The molecule has 2 N–H and O–H groups in total. The average molecular weight is 417 g/mol. The van der Waals surface area contributed by atoms with Gasteiger partial charge in [-0.15, -0.1) is 4.40 Å². The minimum absolute atomic E-state index is 0.133. The molecule has 3 rings (SSSR count). The Morgan fingerprint density at radius 2 is 1.93 bits per heavy atom. The number of rotatable bonds is 7. The van der Waals surface area contributed by atoms with Gasteiger partial charge in [-0.2, -0.15) is 8.42 Å². The fourth-order valence-electron chi connectivity index (χ4n) is 3.08. The van der Waals surface area contributed by atoms with Crippen molar-refractivity contribution in [2.75, 3.05) is 24.9 Å². The third-order valence-corrected chi connectivity index (χ3v) is 5.81. The van der Waals surface area contributed by atoms with Gasteiger partial charge >= 0.3 is 0 Å². The lowest BCUT2D eigenvalue weighted by Gasteiger charge is -2.20. The Morgan fingerprint density at radius 3 is 2.66 bits per heavy atom. The number of methoxy groups -OCH3 is 2. The molecule has 1 amide bonds. The Labute approximate surface area is 170 Å². The van der Waals surface area contributed by atoms with Gasteiger partial charge in [0.25, 0.3) is 10.0 Å². The summed E-state index contributed by atoms with van der Waals surface area (Å²) < 4.78 is 38.9. The van der Waals surface area contributed by atoms with E-state index < -0.39 is 10.0 Å². The molecule has 0 spiro atoms. The zero-order valence-electron chi connectivity index (χ0n) is 16.4. The van der Waals surface area contributed by atoms with Crippen molar-refractivity contribution in [3.8, 4) is 11.5 Å². The van der Waals surface area contributed by atoms with Crippen LogP contribution in [0.4, 0.5) is 11.4 Å². The molecule has 0 bridgehead atoms. The lowest BCUT2D eigenvalue weighted by Crippen LogP contribution is -2.25. The van der Waals surface area contributed by atoms with Gasteiger partial charge in [0.15, 0.2) is 0 Å². The number of carbonyl (C=O) groups excluding carboxylic acids is 1. The molecule has 1 unspecified atom stereocenters. The smallest absolute Gasteiger partial charge is 0.286 e. The first-order valence-corrected chi connectivity index (χ1v) is 10.5. The van der Waals surface area contributed by atoms with Crippen LogP contribution in [0.3, 0.4) is 0 Å². The second kappa shape index (κ2) is 8.52. The van der Waals surface area contributed by atoms with Crippen molar-refractivity contribution in [1.82, 2.24) is 0 Å². The van der Waals surface area contributed by atoms with Crippen LogP contribution in [0.2, 0.25) is 0 Å². The van der Waals surface area contributed by atoms with Crippen molar-refractivity contribution < 1.29 is 22.7 Å². The number of ether oxygens (including phenoxy) is 2. The van der Waals surface area contributed by atoms with E-state index in [-0.39, 0.29) is 23.1 Å². The van der Waals surface area contributed by atoms with Crippen LogP contribution >= 0.6 is 0 Å². The van der Waals surface area contributed by atoms with E-state index in [1.165, 1.54) is 13.2 Å². The van der Waals surface area contributed by atoms with Crippen LogP contribution in [0, 0.1) is 5.92 Å². The summed E-state index contributed by atoms with van der Waals surface area (Å²) in [6.07, 6.45) is 0.512. The first kappa shape index (κ1) is 20.7. The van der Waals surface area contributed by atoms with Crippen molar-refractivity contribution in [1.29, 1.82) is 0 Å². The molecule has 2 aromatic carbocycles. The van der Waals surface area contributed by atoms with Gasteiger partial charge in [-0.05, 0) is 30.2 Å². The van der Waals surface area contributed by atoms with Gasteiger partial charge in [-0.25, -0.2) is 0 Å². The molecule has 0 fully saturated rings. The van der Waals surface area contributed by atoms with Crippen LogP contribution in [0.1, 0.15) is 19.8 Å². The molecule has 0 saturated heterocycles. The van der Waals surface area contributed by atoms with Crippen molar-refractivity contribution in [3.05, 3.63) is 42.5 Å². The molecule has 154 valence electrons. The maximum atomic E-state index is 12.4. The van der Waals surface area contributed by atoms with E-state index in [9.17, 15) is 13.2 Å². The van der Waals surface area contributed by atoms with Gasteiger partial charge in [0, 0.05) is 18.9 Å². The Hall–Kier alpha value is -3.07. The summed E-state index contributed by atoms with van der Waals surface area (Å²) in [5.41, 5.74) is 1.03. The molecule has 0 aliphatic carbocycles. The predicted molar refractivity (Wildman–Crippen MR) is 111 cm³/mol. The normalized spacial score (nSPS) is 15.3. The van der Waals surface area contributed by atoms with E-state index in [0.717, 1.165) is 0 Å². The summed E-state index contributed by atoms with van der Waals surface area (Å²) >= 11 is 0. The molecular weight excluding hydrogens is 394 g/mol. The van der Waals surface area contributed by atoms with Gasteiger partial charge in [0.1, 0.15) is 22.2 Å². The lowest BCUT2D eigenvalue weighted by molar-refractivity contribution is -0.116. The zero-order chi connectivity index (χ0) is 21.0.